The Balaban J connectivity index is 1.65. The highest BCUT2D eigenvalue weighted by Crippen LogP contribution is 2.35. The molecule has 1 aliphatic carbocycles. The van der Waals surface area contributed by atoms with Gasteiger partial charge < -0.3 is 4.90 Å². The van der Waals surface area contributed by atoms with Crippen LogP contribution in [0.15, 0.2) is 34.7 Å². The molecule has 0 N–H and O–H groups in total. The quantitative estimate of drug-likeness (QED) is 0.534. The van der Waals surface area contributed by atoms with Crippen molar-refractivity contribution in [3.63, 3.8) is 0 Å². The number of benzene rings is 1. The van der Waals surface area contributed by atoms with E-state index in [1.165, 1.54) is 23.1 Å². The molecule has 1 saturated carbocycles. The number of aromatic nitrogens is 2. The van der Waals surface area contributed by atoms with Gasteiger partial charge in [-0.2, -0.15) is 0 Å². The van der Waals surface area contributed by atoms with Gasteiger partial charge in [0.2, 0.25) is 16.9 Å². The Kier molecular flexibility index (Phi) is 5.93. The molecule has 0 unspecified atom stereocenters. The molecule has 3 rings (SSSR count). The summed E-state index contributed by atoms with van der Waals surface area (Å²) < 4.78 is 0.706. The molecule has 1 heterocycles. The number of para-hydroxylation sites is 1. The van der Waals surface area contributed by atoms with Crippen LogP contribution in [0.25, 0.3) is 0 Å². The molecule has 0 bridgehead atoms. The summed E-state index contributed by atoms with van der Waals surface area (Å²) in [5.41, 5.74) is 0.891. The summed E-state index contributed by atoms with van der Waals surface area (Å²) in [5, 5.41) is 8.91. The molecule has 0 saturated heterocycles. The standard InChI is InChI=1S/C18H22N4O2S2/c1-12(2)21(14-7-5-4-6-8-14)16(24)11-25-18-20-19-17(26-18)22(13(3)23)15-9-10-15/h4-8,12,15H,9-11H2,1-3H3. The maximum absolute atomic E-state index is 12.7. The van der Waals surface area contributed by atoms with Crippen molar-refractivity contribution in [1.29, 1.82) is 0 Å². The lowest BCUT2D eigenvalue weighted by atomic mass is 10.2. The maximum Gasteiger partial charge on any atom is 0.237 e. The van der Waals surface area contributed by atoms with Crippen molar-refractivity contribution in [1.82, 2.24) is 10.2 Å². The number of carbonyl (C=O) groups excluding carboxylic acids is 2. The van der Waals surface area contributed by atoms with Crippen LogP contribution in [0, 0.1) is 0 Å². The third-order valence-electron chi connectivity index (χ3n) is 3.99. The molecule has 26 heavy (non-hydrogen) atoms. The second kappa shape index (κ2) is 8.18. The minimum absolute atomic E-state index is 0.00802. The molecule has 0 atom stereocenters. The van der Waals surface area contributed by atoms with Crippen molar-refractivity contribution in [3.8, 4) is 0 Å². The Hall–Kier alpha value is -1.93. The normalized spacial score (nSPS) is 13.7. The summed E-state index contributed by atoms with van der Waals surface area (Å²) in [6.07, 6.45) is 2.03. The topological polar surface area (TPSA) is 66.4 Å². The summed E-state index contributed by atoms with van der Waals surface area (Å²) >= 11 is 2.74. The molecule has 6 nitrogen and oxygen atoms in total. The summed E-state index contributed by atoms with van der Waals surface area (Å²) in [6.45, 7) is 5.55. The van der Waals surface area contributed by atoms with Crippen LogP contribution in [0.5, 0.6) is 0 Å². The molecule has 0 radical (unpaired) electrons. The van der Waals surface area contributed by atoms with E-state index in [0.29, 0.717) is 9.47 Å². The molecule has 0 spiro atoms. The molecule has 0 aliphatic heterocycles. The molecule has 138 valence electrons. The van der Waals surface area contributed by atoms with E-state index in [2.05, 4.69) is 10.2 Å². The Morgan fingerprint density at radius 1 is 1.23 bits per heavy atom. The van der Waals surface area contributed by atoms with E-state index in [4.69, 9.17) is 0 Å². The van der Waals surface area contributed by atoms with Gasteiger partial charge in [-0.05, 0) is 38.8 Å². The van der Waals surface area contributed by atoms with Crippen molar-refractivity contribution < 1.29 is 9.59 Å². The molecular weight excluding hydrogens is 368 g/mol. The molecule has 1 aromatic heterocycles. The minimum atomic E-state index is -0.00802. The van der Waals surface area contributed by atoms with Crippen LogP contribution in [-0.4, -0.2) is 39.8 Å². The first kappa shape index (κ1) is 18.8. The van der Waals surface area contributed by atoms with Crippen molar-refractivity contribution in [3.05, 3.63) is 30.3 Å². The van der Waals surface area contributed by atoms with Gasteiger partial charge in [0.05, 0.1) is 5.75 Å². The Labute approximate surface area is 161 Å². The van der Waals surface area contributed by atoms with Crippen LogP contribution in [0.2, 0.25) is 0 Å². The number of hydrogen-bond donors (Lipinski definition) is 0. The summed E-state index contributed by atoms with van der Waals surface area (Å²) in [4.78, 5) is 28.1. The maximum atomic E-state index is 12.7. The van der Waals surface area contributed by atoms with Crippen LogP contribution < -0.4 is 9.80 Å². The number of carbonyl (C=O) groups is 2. The number of nitrogens with zero attached hydrogens (tertiary/aromatic N) is 4. The van der Waals surface area contributed by atoms with E-state index in [1.807, 2.05) is 44.2 Å². The third kappa shape index (κ3) is 4.42. The Morgan fingerprint density at radius 3 is 2.50 bits per heavy atom. The Morgan fingerprint density at radius 2 is 1.92 bits per heavy atom. The average molecular weight is 391 g/mol. The van der Waals surface area contributed by atoms with Gasteiger partial charge in [0.15, 0.2) is 4.34 Å². The fourth-order valence-corrected chi connectivity index (χ4v) is 4.57. The van der Waals surface area contributed by atoms with Crippen LogP contribution in [-0.2, 0) is 9.59 Å². The number of rotatable bonds is 7. The highest BCUT2D eigenvalue weighted by atomic mass is 32.2. The van der Waals surface area contributed by atoms with Gasteiger partial charge in [0.1, 0.15) is 0 Å². The van der Waals surface area contributed by atoms with Crippen molar-refractivity contribution >= 4 is 45.7 Å². The number of thioether (sulfide) groups is 1. The van der Waals surface area contributed by atoms with Gasteiger partial charge in [-0.15, -0.1) is 10.2 Å². The van der Waals surface area contributed by atoms with Gasteiger partial charge in [-0.3, -0.25) is 14.5 Å². The van der Waals surface area contributed by atoms with Crippen LogP contribution >= 0.6 is 23.1 Å². The monoisotopic (exact) mass is 390 g/mol. The molecule has 1 aromatic carbocycles. The fourth-order valence-electron chi connectivity index (χ4n) is 2.75. The highest BCUT2D eigenvalue weighted by Gasteiger charge is 2.34. The van der Waals surface area contributed by atoms with E-state index < -0.39 is 0 Å². The second-order valence-corrected chi connectivity index (χ2v) is 8.63. The molecule has 8 heteroatoms. The first-order valence-electron chi connectivity index (χ1n) is 8.60. The van der Waals surface area contributed by atoms with Crippen molar-refractivity contribution in [2.45, 2.75) is 50.0 Å². The zero-order chi connectivity index (χ0) is 18.7. The van der Waals surface area contributed by atoms with E-state index in [1.54, 1.807) is 16.7 Å². The summed E-state index contributed by atoms with van der Waals surface area (Å²) in [5.74, 6) is 0.301. The lowest BCUT2D eigenvalue weighted by Crippen LogP contribution is -2.38. The van der Waals surface area contributed by atoms with E-state index >= 15 is 0 Å². The van der Waals surface area contributed by atoms with Gasteiger partial charge in [-0.25, -0.2) is 0 Å². The summed E-state index contributed by atoms with van der Waals surface area (Å²) in [7, 11) is 0. The number of hydrogen-bond acceptors (Lipinski definition) is 6. The molecule has 1 aliphatic rings. The SMILES string of the molecule is CC(=O)N(c1nnc(SCC(=O)N(c2ccccc2)C(C)C)s1)C1CC1. The van der Waals surface area contributed by atoms with Crippen molar-refractivity contribution in [2.75, 3.05) is 15.6 Å². The van der Waals surface area contributed by atoms with Crippen LogP contribution in [0.1, 0.15) is 33.6 Å². The number of anilines is 2. The largest absolute Gasteiger partial charge is 0.309 e. The summed E-state index contributed by atoms with van der Waals surface area (Å²) in [6, 6.07) is 9.99. The van der Waals surface area contributed by atoms with Gasteiger partial charge in [0.25, 0.3) is 0 Å². The molecular formula is C18H22N4O2S2. The first-order valence-corrected chi connectivity index (χ1v) is 10.4. The lowest BCUT2D eigenvalue weighted by molar-refractivity contribution is -0.117. The smallest absolute Gasteiger partial charge is 0.237 e. The van der Waals surface area contributed by atoms with Crippen LogP contribution in [0.4, 0.5) is 10.8 Å². The fraction of sp³-hybridized carbons (Fsp3) is 0.444. The second-order valence-electron chi connectivity index (χ2n) is 6.45. The van der Waals surface area contributed by atoms with Gasteiger partial charge >= 0.3 is 0 Å². The zero-order valence-corrected chi connectivity index (χ0v) is 16.7. The van der Waals surface area contributed by atoms with E-state index in [0.717, 1.165) is 18.5 Å². The first-order chi connectivity index (χ1) is 12.5. The lowest BCUT2D eigenvalue weighted by Gasteiger charge is -2.26. The Bertz CT molecular complexity index is 775. The minimum Gasteiger partial charge on any atom is -0.309 e. The average Bonchev–Trinajstić information content (AvgIpc) is 3.31. The molecule has 2 amide bonds. The molecule has 1 fully saturated rings. The predicted molar refractivity (Wildman–Crippen MR) is 106 cm³/mol. The zero-order valence-electron chi connectivity index (χ0n) is 15.1. The van der Waals surface area contributed by atoms with Gasteiger partial charge in [-0.1, -0.05) is 41.3 Å². The number of amides is 2. The van der Waals surface area contributed by atoms with Gasteiger partial charge in [0, 0.05) is 24.7 Å². The van der Waals surface area contributed by atoms with E-state index in [-0.39, 0.29) is 29.7 Å². The molecule has 2 aromatic rings. The van der Waals surface area contributed by atoms with E-state index in [9.17, 15) is 9.59 Å². The third-order valence-corrected chi connectivity index (χ3v) is 6.03. The predicted octanol–water partition coefficient (Wildman–Crippen LogP) is 3.59. The highest BCUT2D eigenvalue weighted by molar-refractivity contribution is 8.01. The van der Waals surface area contributed by atoms with Crippen LogP contribution in [0.3, 0.4) is 0 Å². The van der Waals surface area contributed by atoms with Crippen molar-refractivity contribution in [2.24, 2.45) is 0 Å².